The van der Waals surface area contributed by atoms with Crippen LogP contribution in [0.4, 0.5) is 0 Å². The molecule has 1 heterocycles. The Labute approximate surface area is 121 Å². The molecule has 106 valence electrons. The smallest absolute Gasteiger partial charge is 0.222 e. The summed E-state index contributed by atoms with van der Waals surface area (Å²) in [7, 11) is 0. The summed E-state index contributed by atoms with van der Waals surface area (Å²) >= 11 is 3.51. The highest BCUT2D eigenvalue weighted by molar-refractivity contribution is 9.09. The van der Waals surface area contributed by atoms with Gasteiger partial charge in [0, 0.05) is 24.3 Å². The Morgan fingerprint density at radius 2 is 1.83 bits per heavy atom. The van der Waals surface area contributed by atoms with Crippen LogP contribution in [0.3, 0.4) is 0 Å². The summed E-state index contributed by atoms with van der Waals surface area (Å²) in [6, 6.07) is 0.460. The first-order chi connectivity index (χ1) is 8.79. The molecule has 1 fully saturated rings. The molecule has 0 saturated carbocycles. The van der Waals surface area contributed by atoms with Gasteiger partial charge in [0.05, 0.1) is 0 Å². The maximum atomic E-state index is 12.1. The molecule has 1 unspecified atom stereocenters. The maximum Gasteiger partial charge on any atom is 0.222 e. The monoisotopic (exact) mass is 317 g/mol. The van der Waals surface area contributed by atoms with Gasteiger partial charge in [-0.2, -0.15) is 0 Å². The predicted octanol–water partition coefficient (Wildman–Crippen LogP) is 4.51. The first kappa shape index (κ1) is 16.0. The van der Waals surface area contributed by atoms with E-state index >= 15 is 0 Å². The number of halogens is 1. The van der Waals surface area contributed by atoms with Gasteiger partial charge in [0.1, 0.15) is 0 Å². The fourth-order valence-corrected chi connectivity index (χ4v) is 3.37. The molecule has 0 radical (unpaired) electrons. The van der Waals surface area contributed by atoms with E-state index in [2.05, 4.69) is 27.8 Å². The molecule has 0 aliphatic carbocycles. The first-order valence-electron chi connectivity index (χ1n) is 7.65. The number of unbranched alkanes of at least 4 members (excludes halogenated alkanes) is 6. The molecule has 1 amide bonds. The van der Waals surface area contributed by atoms with Crippen molar-refractivity contribution in [3.8, 4) is 0 Å². The van der Waals surface area contributed by atoms with E-state index in [1.165, 1.54) is 51.4 Å². The average Bonchev–Trinajstić information content (AvgIpc) is 2.85. The highest BCUT2D eigenvalue weighted by Gasteiger charge is 2.26. The van der Waals surface area contributed by atoms with Crippen LogP contribution in [0.5, 0.6) is 0 Å². The lowest BCUT2D eigenvalue weighted by Gasteiger charge is -2.23. The van der Waals surface area contributed by atoms with E-state index in [1.54, 1.807) is 0 Å². The molecule has 18 heavy (non-hydrogen) atoms. The number of carbonyl (C=O) groups is 1. The number of nitrogens with zero attached hydrogens (tertiary/aromatic N) is 1. The topological polar surface area (TPSA) is 20.3 Å². The van der Waals surface area contributed by atoms with Crippen LogP contribution in [0.25, 0.3) is 0 Å². The predicted molar refractivity (Wildman–Crippen MR) is 81.1 cm³/mol. The van der Waals surface area contributed by atoms with E-state index in [0.717, 1.165) is 24.7 Å². The zero-order valence-corrected chi connectivity index (χ0v) is 13.4. The standard InChI is InChI=1S/C15H28BrNO/c1-2-3-4-5-6-7-8-11-15(18)17-12-9-10-14(17)13-16/h14H,2-13H2,1H3. The fourth-order valence-electron chi connectivity index (χ4n) is 2.70. The summed E-state index contributed by atoms with van der Waals surface area (Å²) in [6.07, 6.45) is 12.1. The van der Waals surface area contributed by atoms with E-state index in [4.69, 9.17) is 0 Å². The van der Waals surface area contributed by atoms with Crippen molar-refractivity contribution in [1.29, 1.82) is 0 Å². The molecule has 0 N–H and O–H groups in total. The minimum Gasteiger partial charge on any atom is -0.339 e. The van der Waals surface area contributed by atoms with Crippen molar-refractivity contribution in [2.45, 2.75) is 77.2 Å². The minimum atomic E-state index is 0.380. The Balaban J connectivity index is 2.03. The van der Waals surface area contributed by atoms with Crippen molar-refractivity contribution in [1.82, 2.24) is 4.90 Å². The van der Waals surface area contributed by atoms with Crippen LogP contribution in [0.15, 0.2) is 0 Å². The lowest BCUT2D eigenvalue weighted by Crippen LogP contribution is -2.36. The Morgan fingerprint density at radius 1 is 1.17 bits per heavy atom. The molecule has 2 nitrogen and oxygen atoms in total. The lowest BCUT2D eigenvalue weighted by molar-refractivity contribution is -0.131. The summed E-state index contributed by atoms with van der Waals surface area (Å²) in [4.78, 5) is 14.1. The third kappa shape index (κ3) is 5.73. The molecular weight excluding hydrogens is 290 g/mol. The van der Waals surface area contributed by atoms with Gasteiger partial charge < -0.3 is 4.90 Å². The van der Waals surface area contributed by atoms with Crippen LogP contribution < -0.4 is 0 Å². The average molecular weight is 318 g/mol. The van der Waals surface area contributed by atoms with Gasteiger partial charge in [0.2, 0.25) is 5.91 Å². The molecule has 1 aliphatic rings. The van der Waals surface area contributed by atoms with E-state index in [0.29, 0.717) is 11.9 Å². The van der Waals surface area contributed by atoms with E-state index in [9.17, 15) is 4.79 Å². The molecule has 0 spiro atoms. The molecule has 0 bridgehead atoms. The SMILES string of the molecule is CCCCCCCCCC(=O)N1CCCC1CBr. The second kappa shape index (κ2) is 9.82. The van der Waals surface area contributed by atoms with Gasteiger partial charge in [-0.3, -0.25) is 4.79 Å². The van der Waals surface area contributed by atoms with Crippen molar-refractivity contribution in [2.75, 3.05) is 11.9 Å². The molecule has 1 saturated heterocycles. The molecule has 0 aromatic carbocycles. The van der Waals surface area contributed by atoms with Gasteiger partial charge in [-0.15, -0.1) is 0 Å². The summed E-state index contributed by atoms with van der Waals surface area (Å²) in [5, 5.41) is 0.940. The van der Waals surface area contributed by atoms with Crippen LogP contribution >= 0.6 is 15.9 Å². The molecule has 1 rings (SSSR count). The summed E-state index contributed by atoms with van der Waals surface area (Å²) < 4.78 is 0. The van der Waals surface area contributed by atoms with Crippen molar-refractivity contribution >= 4 is 21.8 Å². The maximum absolute atomic E-state index is 12.1. The number of hydrogen-bond acceptors (Lipinski definition) is 1. The number of rotatable bonds is 9. The number of likely N-dealkylation sites (tertiary alicyclic amines) is 1. The van der Waals surface area contributed by atoms with Gasteiger partial charge in [-0.1, -0.05) is 61.4 Å². The zero-order valence-electron chi connectivity index (χ0n) is 11.8. The molecule has 0 aromatic heterocycles. The number of hydrogen-bond donors (Lipinski definition) is 0. The Morgan fingerprint density at radius 3 is 2.50 bits per heavy atom. The highest BCUT2D eigenvalue weighted by atomic mass is 79.9. The molecule has 3 heteroatoms. The van der Waals surface area contributed by atoms with Gasteiger partial charge in [-0.05, 0) is 19.3 Å². The summed E-state index contributed by atoms with van der Waals surface area (Å²) in [5.74, 6) is 0.380. The Kier molecular flexibility index (Phi) is 8.74. The van der Waals surface area contributed by atoms with Crippen molar-refractivity contribution in [2.24, 2.45) is 0 Å². The highest BCUT2D eigenvalue weighted by Crippen LogP contribution is 2.20. The normalized spacial score (nSPS) is 19.4. The second-order valence-corrected chi connectivity index (χ2v) is 6.06. The van der Waals surface area contributed by atoms with Gasteiger partial charge >= 0.3 is 0 Å². The first-order valence-corrected chi connectivity index (χ1v) is 8.77. The number of carbonyl (C=O) groups excluding carboxylic acids is 1. The quantitative estimate of drug-likeness (QED) is 0.452. The minimum absolute atomic E-state index is 0.380. The molecule has 1 aliphatic heterocycles. The third-order valence-corrected chi connectivity index (χ3v) is 4.62. The molecule has 0 aromatic rings. The third-order valence-electron chi connectivity index (χ3n) is 3.87. The largest absolute Gasteiger partial charge is 0.339 e. The van der Waals surface area contributed by atoms with E-state index < -0.39 is 0 Å². The lowest BCUT2D eigenvalue weighted by atomic mass is 10.1. The second-order valence-electron chi connectivity index (χ2n) is 5.41. The molecular formula is C15H28BrNO. The zero-order chi connectivity index (χ0) is 13.2. The van der Waals surface area contributed by atoms with Crippen molar-refractivity contribution in [3.63, 3.8) is 0 Å². The Hall–Kier alpha value is -0.0500. The van der Waals surface area contributed by atoms with Crippen LogP contribution in [-0.2, 0) is 4.79 Å². The van der Waals surface area contributed by atoms with E-state index in [1.807, 2.05) is 0 Å². The van der Waals surface area contributed by atoms with Gasteiger partial charge in [0.15, 0.2) is 0 Å². The number of amides is 1. The van der Waals surface area contributed by atoms with Crippen LogP contribution in [0.1, 0.15) is 71.1 Å². The Bertz CT molecular complexity index is 233. The van der Waals surface area contributed by atoms with Crippen molar-refractivity contribution < 1.29 is 4.79 Å². The van der Waals surface area contributed by atoms with Gasteiger partial charge in [-0.25, -0.2) is 0 Å². The van der Waals surface area contributed by atoms with Gasteiger partial charge in [0.25, 0.3) is 0 Å². The summed E-state index contributed by atoms with van der Waals surface area (Å²) in [5.41, 5.74) is 0. The molecule has 1 atom stereocenters. The van der Waals surface area contributed by atoms with Crippen LogP contribution in [0, 0.1) is 0 Å². The van der Waals surface area contributed by atoms with Crippen LogP contribution in [0.2, 0.25) is 0 Å². The number of alkyl halides is 1. The fraction of sp³-hybridized carbons (Fsp3) is 0.933. The summed E-state index contributed by atoms with van der Waals surface area (Å²) in [6.45, 7) is 3.22. The van der Waals surface area contributed by atoms with Crippen LogP contribution in [-0.4, -0.2) is 28.7 Å². The van der Waals surface area contributed by atoms with E-state index in [-0.39, 0.29) is 0 Å². The van der Waals surface area contributed by atoms with Crippen molar-refractivity contribution in [3.05, 3.63) is 0 Å².